The first-order chi connectivity index (χ1) is 23.4. The second-order valence-electron chi connectivity index (χ2n) is 16.6. The van der Waals surface area contributed by atoms with E-state index in [1.54, 1.807) is 20.8 Å². The molecule has 3 N–H and O–H groups in total. The number of likely N-dealkylation sites (tertiary alicyclic amines) is 1. The lowest BCUT2D eigenvalue weighted by molar-refractivity contribution is -0.144. The van der Waals surface area contributed by atoms with E-state index in [1.807, 2.05) is 58.9 Å². The van der Waals surface area contributed by atoms with Gasteiger partial charge in [-0.2, -0.15) is 0 Å². The summed E-state index contributed by atoms with van der Waals surface area (Å²) in [4.78, 5) is 58.4. The normalized spacial score (nSPS) is 20.2. The molecule has 0 aromatic heterocycles. The van der Waals surface area contributed by atoms with E-state index in [4.69, 9.17) is 0 Å². The third kappa shape index (κ3) is 11.3. The molecule has 51 heavy (non-hydrogen) atoms. The highest BCUT2D eigenvalue weighted by Crippen LogP contribution is 2.33. The number of likely N-dealkylation sites (N-methyl/N-ethyl adjacent to an activating group) is 1. The van der Waals surface area contributed by atoms with E-state index in [9.17, 15) is 36.4 Å². The summed E-state index contributed by atoms with van der Waals surface area (Å²) in [6.07, 6.45) is -1.82. The molecule has 288 valence electrons. The third-order valence-electron chi connectivity index (χ3n) is 10.1. The predicted molar refractivity (Wildman–Crippen MR) is 192 cm³/mol. The lowest BCUT2D eigenvalue weighted by atomic mass is 9.85. The van der Waals surface area contributed by atoms with Crippen LogP contribution in [-0.2, 0) is 37.4 Å². The van der Waals surface area contributed by atoms with Crippen LogP contribution in [0.4, 0.5) is 13.6 Å². The number of halogens is 2. The molecule has 1 aromatic carbocycles. The Morgan fingerprint density at radius 1 is 0.941 bits per heavy atom. The van der Waals surface area contributed by atoms with Crippen molar-refractivity contribution in [1.29, 1.82) is 0 Å². The first-order valence-electron chi connectivity index (χ1n) is 17.6. The van der Waals surface area contributed by atoms with E-state index in [2.05, 4.69) is 16.0 Å². The zero-order valence-electron chi connectivity index (χ0n) is 31.8. The predicted octanol–water partition coefficient (Wildman–Crippen LogP) is 3.60. The SMILES string of the molecule is CC(C)[C@@H]1C[C@@H](C(=O)N[C@@H](CC(F)F)C(=O)N2CCc3ccccc3C2)N(C(=O)[C@@H](NC(=O)N[C@H](CN(C)S(C)(=O)=O)C(C)(C)C)C(C)(C)C)C1. The molecule has 0 bridgehead atoms. The summed E-state index contributed by atoms with van der Waals surface area (Å²) >= 11 is 0. The van der Waals surface area contributed by atoms with Gasteiger partial charge in [0.05, 0.1) is 6.26 Å². The van der Waals surface area contributed by atoms with E-state index in [0.29, 0.717) is 13.0 Å². The number of nitrogens with zero attached hydrogens (tertiary/aromatic N) is 3. The maximum Gasteiger partial charge on any atom is 0.315 e. The average molecular weight is 741 g/mol. The van der Waals surface area contributed by atoms with E-state index in [0.717, 1.165) is 21.7 Å². The second kappa shape index (κ2) is 16.6. The summed E-state index contributed by atoms with van der Waals surface area (Å²) in [5, 5.41) is 8.22. The van der Waals surface area contributed by atoms with Gasteiger partial charge in [-0.15, -0.1) is 0 Å². The average Bonchev–Trinajstić information content (AvgIpc) is 3.47. The Kier molecular flexibility index (Phi) is 13.7. The summed E-state index contributed by atoms with van der Waals surface area (Å²) < 4.78 is 53.1. The van der Waals surface area contributed by atoms with Crippen LogP contribution >= 0.6 is 0 Å². The van der Waals surface area contributed by atoms with Gasteiger partial charge in [-0.05, 0) is 46.6 Å². The molecule has 1 aromatic rings. The van der Waals surface area contributed by atoms with Crippen LogP contribution in [0.3, 0.4) is 0 Å². The number of hydrogen-bond donors (Lipinski definition) is 3. The Hall–Kier alpha value is -3.33. The topological polar surface area (TPSA) is 148 Å². The number of rotatable bonds is 12. The molecule has 0 spiro atoms. The number of sulfonamides is 1. The minimum atomic E-state index is -3.53. The van der Waals surface area contributed by atoms with Crippen molar-refractivity contribution in [3.8, 4) is 0 Å². The number of urea groups is 1. The number of nitrogens with one attached hydrogen (secondary N) is 3. The van der Waals surface area contributed by atoms with Crippen LogP contribution < -0.4 is 16.0 Å². The molecule has 5 atom stereocenters. The number of alkyl halides is 2. The highest BCUT2D eigenvalue weighted by molar-refractivity contribution is 7.88. The molecule has 0 radical (unpaired) electrons. The van der Waals surface area contributed by atoms with Crippen LogP contribution in [0.15, 0.2) is 24.3 Å². The maximum absolute atomic E-state index is 14.4. The van der Waals surface area contributed by atoms with Crippen molar-refractivity contribution >= 4 is 33.8 Å². The molecule has 0 saturated carbocycles. The van der Waals surface area contributed by atoms with Gasteiger partial charge in [0.2, 0.25) is 34.2 Å². The highest BCUT2D eigenvalue weighted by Gasteiger charge is 2.46. The van der Waals surface area contributed by atoms with Crippen molar-refractivity contribution in [1.82, 2.24) is 30.1 Å². The lowest BCUT2D eigenvalue weighted by Gasteiger charge is -2.38. The van der Waals surface area contributed by atoms with Crippen LogP contribution in [0, 0.1) is 22.7 Å². The summed E-state index contributed by atoms with van der Waals surface area (Å²) in [6.45, 7) is 15.6. The molecule has 2 heterocycles. The van der Waals surface area contributed by atoms with E-state index in [-0.39, 0.29) is 37.9 Å². The maximum atomic E-state index is 14.4. The summed E-state index contributed by atoms with van der Waals surface area (Å²) in [7, 11) is -2.11. The van der Waals surface area contributed by atoms with Crippen molar-refractivity contribution in [3.05, 3.63) is 35.4 Å². The lowest BCUT2D eigenvalue weighted by Crippen LogP contribution is -2.62. The van der Waals surface area contributed by atoms with Crippen LogP contribution in [0.2, 0.25) is 0 Å². The van der Waals surface area contributed by atoms with Gasteiger partial charge in [0.25, 0.3) is 0 Å². The van der Waals surface area contributed by atoms with Gasteiger partial charge in [-0.3, -0.25) is 14.4 Å². The molecule has 5 amide bonds. The molecule has 2 aliphatic heterocycles. The molecule has 15 heteroatoms. The monoisotopic (exact) mass is 740 g/mol. The molecule has 3 rings (SSSR count). The fraction of sp³-hybridized carbons (Fsp3) is 0.722. The Bertz CT molecular complexity index is 1530. The first-order valence-corrected chi connectivity index (χ1v) is 19.5. The molecular formula is C36H58F2N6O6S. The van der Waals surface area contributed by atoms with Crippen molar-refractivity contribution in [2.24, 2.45) is 22.7 Å². The van der Waals surface area contributed by atoms with Crippen LogP contribution in [0.1, 0.15) is 79.4 Å². The standard InChI is InChI=1S/C36H58F2N6O6S/c1-22(2)25-17-27(31(45)39-26(18-29(37)38)32(46)43-16-15-23-13-11-12-14-24(23)19-43)44(20-25)33(47)30(36(6,7)8)41-34(48)40-28(35(3,4)5)21-42(9)51(10,49)50/h11-14,22,25-30H,15-21H2,1-10H3,(H,39,45)(H2,40,41,48)/t25-,26+,27+,28-,30-/m1/s1. The summed E-state index contributed by atoms with van der Waals surface area (Å²) in [5.41, 5.74) is 0.628. The molecule has 0 aliphatic carbocycles. The molecule has 1 saturated heterocycles. The molecule has 0 unspecified atom stereocenters. The quantitative estimate of drug-likeness (QED) is 0.299. The van der Waals surface area contributed by atoms with Crippen LogP contribution in [-0.4, -0.2) is 110 Å². The Morgan fingerprint density at radius 2 is 1.55 bits per heavy atom. The minimum Gasteiger partial charge on any atom is -0.342 e. The Labute approximate surface area is 302 Å². The van der Waals surface area contributed by atoms with E-state index < -0.39 is 81.6 Å². The zero-order chi connectivity index (χ0) is 38.6. The number of carbonyl (C=O) groups is 4. The first kappa shape index (κ1) is 42.1. The number of benzene rings is 1. The highest BCUT2D eigenvalue weighted by atomic mass is 32.2. The molecule has 2 aliphatic rings. The third-order valence-corrected chi connectivity index (χ3v) is 11.4. The van der Waals surface area contributed by atoms with Crippen molar-refractivity contribution < 1.29 is 36.4 Å². The largest absolute Gasteiger partial charge is 0.342 e. The summed E-state index contributed by atoms with van der Waals surface area (Å²) in [5.74, 6) is -1.84. The van der Waals surface area contributed by atoms with E-state index in [1.165, 1.54) is 16.8 Å². The van der Waals surface area contributed by atoms with Gasteiger partial charge >= 0.3 is 6.03 Å². The van der Waals surface area contributed by atoms with Gasteiger partial charge < -0.3 is 25.8 Å². The van der Waals surface area contributed by atoms with Crippen molar-refractivity contribution in [2.75, 3.05) is 32.9 Å². The van der Waals surface area contributed by atoms with Crippen molar-refractivity contribution in [3.63, 3.8) is 0 Å². The van der Waals surface area contributed by atoms with Crippen molar-refractivity contribution in [2.45, 2.75) is 112 Å². The van der Waals surface area contributed by atoms with Gasteiger partial charge in [0.15, 0.2) is 0 Å². The second-order valence-corrected chi connectivity index (χ2v) is 18.7. The fourth-order valence-corrected chi connectivity index (χ4v) is 6.91. The fourth-order valence-electron chi connectivity index (χ4n) is 6.49. The minimum absolute atomic E-state index is 0.00321. The number of amides is 5. The Morgan fingerprint density at radius 3 is 2.08 bits per heavy atom. The number of fused-ring (bicyclic) bond motifs is 1. The molecular weight excluding hydrogens is 682 g/mol. The smallest absolute Gasteiger partial charge is 0.315 e. The van der Waals surface area contributed by atoms with Gasteiger partial charge in [-0.25, -0.2) is 26.3 Å². The zero-order valence-corrected chi connectivity index (χ0v) is 32.6. The van der Waals surface area contributed by atoms with Gasteiger partial charge in [0, 0.05) is 45.7 Å². The number of hydrogen-bond acceptors (Lipinski definition) is 6. The molecule has 1 fully saturated rings. The van der Waals surface area contributed by atoms with E-state index >= 15 is 0 Å². The van der Waals surface area contributed by atoms with Gasteiger partial charge in [-0.1, -0.05) is 79.7 Å². The van der Waals surface area contributed by atoms with Gasteiger partial charge in [0.1, 0.15) is 18.1 Å². The number of carbonyl (C=O) groups excluding carboxylic acids is 4. The molecule has 12 nitrogen and oxygen atoms in total. The van der Waals surface area contributed by atoms with Crippen LogP contribution in [0.5, 0.6) is 0 Å². The summed E-state index contributed by atoms with van der Waals surface area (Å²) in [6, 6.07) is 2.66. The Balaban J connectivity index is 1.84. The van der Waals surface area contributed by atoms with Crippen LogP contribution in [0.25, 0.3) is 0 Å².